The number of carbonyl (C=O) groups excluding carboxylic acids is 1. The summed E-state index contributed by atoms with van der Waals surface area (Å²) >= 11 is 0. The molecular weight excluding hydrogens is 238 g/mol. The van der Waals surface area contributed by atoms with Gasteiger partial charge in [0.15, 0.2) is 0 Å². The summed E-state index contributed by atoms with van der Waals surface area (Å²) in [5.41, 5.74) is 4.07. The molecule has 1 aliphatic rings. The molecule has 1 fully saturated rings. The predicted molar refractivity (Wildman–Crippen MR) is 74.9 cm³/mol. The molecule has 1 amide bonds. The Morgan fingerprint density at radius 2 is 1.95 bits per heavy atom. The maximum Gasteiger partial charge on any atom is 0.221 e. The van der Waals surface area contributed by atoms with E-state index in [-0.39, 0.29) is 12.0 Å². The minimum Gasteiger partial charge on any atom is -0.368 e. The molecule has 1 aliphatic heterocycles. The van der Waals surface area contributed by atoms with Gasteiger partial charge in [-0.25, -0.2) is 0 Å². The number of benzene rings is 2. The maximum atomic E-state index is 11.4. The molecule has 0 saturated carbocycles. The lowest BCUT2D eigenvalue weighted by atomic mass is 10.0. The second-order valence-corrected chi connectivity index (χ2v) is 4.67. The van der Waals surface area contributed by atoms with Crippen molar-refractivity contribution in [3.05, 3.63) is 54.1 Å². The van der Waals surface area contributed by atoms with Gasteiger partial charge in [0.25, 0.3) is 0 Å². The van der Waals surface area contributed by atoms with E-state index in [9.17, 15) is 4.79 Å². The van der Waals surface area contributed by atoms with Gasteiger partial charge in [0, 0.05) is 18.2 Å². The molecule has 3 heteroatoms. The molecule has 2 aromatic carbocycles. The van der Waals surface area contributed by atoms with Crippen LogP contribution in [0.4, 0.5) is 5.69 Å². The summed E-state index contributed by atoms with van der Waals surface area (Å²) in [6.45, 7) is 2.29. The molecule has 1 atom stereocenters. The van der Waals surface area contributed by atoms with Crippen LogP contribution in [0.1, 0.15) is 18.6 Å². The zero-order valence-corrected chi connectivity index (χ0v) is 10.7. The summed E-state index contributed by atoms with van der Waals surface area (Å²) in [6.07, 6.45) is 0.192. The highest BCUT2D eigenvalue weighted by Crippen LogP contribution is 2.35. The first kappa shape index (κ1) is 11.9. The number of anilines is 1. The molecule has 19 heavy (non-hydrogen) atoms. The Morgan fingerprint density at radius 1 is 1.21 bits per heavy atom. The second-order valence-electron chi connectivity index (χ2n) is 4.67. The van der Waals surface area contributed by atoms with Gasteiger partial charge in [0.05, 0.1) is 6.61 Å². The number of nitrogens with one attached hydrogen (secondary N) is 1. The molecule has 0 bridgehead atoms. The van der Waals surface area contributed by atoms with Crippen LogP contribution in [0.2, 0.25) is 0 Å². The number of ether oxygens (including phenoxy) is 1. The van der Waals surface area contributed by atoms with Gasteiger partial charge in [-0.1, -0.05) is 42.5 Å². The largest absolute Gasteiger partial charge is 0.368 e. The molecule has 1 N–H and O–H groups in total. The van der Waals surface area contributed by atoms with Gasteiger partial charge < -0.3 is 10.1 Å². The summed E-state index contributed by atoms with van der Waals surface area (Å²) < 4.78 is 5.29. The fraction of sp³-hybridized carbons (Fsp3) is 0.188. The zero-order valence-electron chi connectivity index (χ0n) is 10.7. The molecule has 0 unspecified atom stereocenters. The van der Waals surface area contributed by atoms with Gasteiger partial charge in [-0.3, -0.25) is 4.79 Å². The van der Waals surface area contributed by atoms with Crippen LogP contribution in [-0.4, -0.2) is 12.5 Å². The molecule has 0 aliphatic carbocycles. The minimum atomic E-state index is -0.0638. The maximum absolute atomic E-state index is 11.4. The van der Waals surface area contributed by atoms with E-state index in [2.05, 4.69) is 11.4 Å². The lowest BCUT2D eigenvalue weighted by Gasteiger charge is -2.11. The van der Waals surface area contributed by atoms with Crippen LogP contribution in [0.5, 0.6) is 0 Å². The van der Waals surface area contributed by atoms with Gasteiger partial charge >= 0.3 is 0 Å². The van der Waals surface area contributed by atoms with Crippen molar-refractivity contribution in [1.29, 1.82) is 0 Å². The van der Waals surface area contributed by atoms with Crippen LogP contribution in [0.3, 0.4) is 0 Å². The molecule has 0 aromatic heterocycles. The summed E-state index contributed by atoms with van der Waals surface area (Å²) in [7, 11) is 0. The molecular formula is C16H15NO2. The summed E-state index contributed by atoms with van der Waals surface area (Å²) in [5, 5.41) is 2.90. The van der Waals surface area contributed by atoms with Crippen molar-refractivity contribution in [2.45, 2.75) is 13.0 Å². The minimum absolute atomic E-state index is 0.0638. The number of carbonyl (C=O) groups is 1. The monoisotopic (exact) mass is 253 g/mol. The van der Waals surface area contributed by atoms with Crippen molar-refractivity contribution in [2.75, 3.05) is 11.9 Å². The molecule has 3 rings (SSSR count). The quantitative estimate of drug-likeness (QED) is 0.852. The number of hydrogen-bond donors (Lipinski definition) is 1. The van der Waals surface area contributed by atoms with Crippen LogP contribution in [-0.2, 0) is 9.53 Å². The van der Waals surface area contributed by atoms with E-state index >= 15 is 0 Å². The predicted octanol–water partition coefficient (Wildman–Crippen LogP) is 3.38. The third-order valence-electron chi connectivity index (χ3n) is 3.14. The van der Waals surface area contributed by atoms with Crippen molar-refractivity contribution < 1.29 is 9.53 Å². The van der Waals surface area contributed by atoms with Crippen LogP contribution in [0.25, 0.3) is 11.1 Å². The number of rotatable bonds is 3. The fourth-order valence-electron chi connectivity index (χ4n) is 2.17. The Balaban J connectivity index is 2.04. The Kier molecular flexibility index (Phi) is 3.05. The van der Waals surface area contributed by atoms with E-state index in [0.717, 1.165) is 29.0 Å². The fourth-order valence-corrected chi connectivity index (χ4v) is 2.17. The molecule has 96 valence electrons. The van der Waals surface area contributed by atoms with Gasteiger partial charge in [0.2, 0.25) is 5.91 Å². The van der Waals surface area contributed by atoms with E-state index in [1.54, 1.807) is 0 Å². The Hall–Kier alpha value is -2.13. The van der Waals surface area contributed by atoms with Crippen molar-refractivity contribution in [1.82, 2.24) is 0 Å². The Bertz CT molecular complexity index is 603. The number of amides is 1. The summed E-state index contributed by atoms with van der Waals surface area (Å²) in [6, 6.07) is 16.1. The zero-order chi connectivity index (χ0) is 13.2. The first-order chi connectivity index (χ1) is 9.24. The van der Waals surface area contributed by atoms with Gasteiger partial charge in [-0.15, -0.1) is 0 Å². The normalized spacial score (nSPS) is 17.0. The molecule has 0 radical (unpaired) electrons. The van der Waals surface area contributed by atoms with Gasteiger partial charge in [-0.05, 0) is 17.2 Å². The van der Waals surface area contributed by atoms with E-state index in [0.29, 0.717) is 0 Å². The van der Waals surface area contributed by atoms with Gasteiger partial charge in [0.1, 0.15) is 6.10 Å². The highest BCUT2D eigenvalue weighted by Gasteiger charge is 2.25. The van der Waals surface area contributed by atoms with E-state index in [4.69, 9.17) is 4.74 Å². The summed E-state index contributed by atoms with van der Waals surface area (Å²) in [4.78, 5) is 11.4. The molecule has 3 nitrogen and oxygen atoms in total. The lowest BCUT2D eigenvalue weighted by molar-refractivity contribution is -0.114. The van der Waals surface area contributed by atoms with Crippen LogP contribution in [0.15, 0.2) is 48.5 Å². The van der Waals surface area contributed by atoms with Crippen molar-refractivity contribution in [3.8, 4) is 11.1 Å². The van der Waals surface area contributed by atoms with Crippen LogP contribution in [0, 0.1) is 0 Å². The SMILES string of the molecule is CC(=O)Nc1cc([C@H]2CO2)ccc1-c1ccccc1. The smallest absolute Gasteiger partial charge is 0.221 e. The van der Waals surface area contributed by atoms with E-state index in [1.165, 1.54) is 6.92 Å². The first-order valence-electron chi connectivity index (χ1n) is 6.32. The lowest BCUT2D eigenvalue weighted by Crippen LogP contribution is -2.07. The van der Waals surface area contributed by atoms with Crippen LogP contribution < -0.4 is 5.32 Å². The topological polar surface area (TPSA) is 41.6 Å². The third kappa shape index (κ3) is 2.66. The Morgan fingerprint density at radius 3 is 2.58 bits per heavy atom. The number of hydrogen-bond acceptors (Lipinski definition) is 2. The first-order valence-corrected chi connectivity index (χ1v) is 6.32. The highest BCUT2D eigenvalue weighted by atomic mass is 16.6. The summed E-state index contributed by atoms with van der Waals surface area (Å²) in [5.74, 6) is -0.0638. The highest BCUT2D eigenvalue weighted by molar-refractivity contribution is 5.94. The standard InChI is InChI=1S/C16H15NO2/c1-11(18)17-15-9-13(16-10-19-16)7-8-14(15)12-5-3-2-4-6-12/h2-9,16H,10H2,1H3,(H,17,18)/t16-/m1/s1. The van der Waals surface area contributed by atoms with Crippen molar-refractivity contribution in [3.63, 3.8) is 0 Å². The molecule has 1 heterocycles. The van der Waals surface area contributed by atoms with Crippen LogP contribution >= 0.6 is 0 Å². The molecule has 1 saturated heterocycles. The van der Waals surface area contributed by atoms with Crippen molar-refractivity contribution in [2.24, 2.45) is 0 Å². The van der Waals surface area contributed by atoms with E-state index < -0.39 is 0 Å². The van der Waals surface area contributed by atoms with Crippen molar-refractivity contribution >= 4 is 11.6 Å². The molecule has 2 aromatic rings. The van der Waals surface area contributed by atoms with E-state index in [1.807, 2.05) is 42.5 Å². The third-order valence-corrected chi connectivity index (χ3v) is 3.14. The average molecular weight is 253 g/mol. The molecule has 0 spiro atoms. The second kappa shape index (κ2) is 4.86. The average Bonchev–Trinajstić information content (AvgIpc) is 3.23. The van der Waals surface area contributed by atoms with Gasteiger partial charge in [-0.2, -0.15) is 0 Å². The Labute approximate surface area is 112 Å². The number of epoxide rings is 1.